The molecule has 94 valence electrons. The van der Waals surface area contributed by atoms with E-state index in [-0.39, 0.29) is 11.3 Å². The molecule has 0 aliphatic carbocycles. The van der Waals surface area contributed by atoms with Crippen LogP contribution in [0.2, 0.25) is 0 Å². The number of carboxylic acid groups (broad SMARTS) is 1. The van der Waals surface area contributed by atoms with Crippen molar-refractivity contribution in [2.75, 3.05) is 11.1 Å². The Morgan fingerprint density at radius 2 is 2.22 bits per heavy atom. The van der Waals surface area contributed by atoms with E-state index < -0.39 is 11.8 Å². The van der Waals surface area contributed by atoms with Gasteiger partial charge in [0.05, 0.1) is 11.4 Å². The van der Waals surface area contributed by atoms with Gasteiger partial charge in [0, 0.05) is 6.54 Å². The Labute approximate surface area is 107 Å². The lowest BCUT2D eigenvalue weighted by Crippen LogP contribution is -2.10. The predicted molar refractivity (Wildman–Crippen MR) is 69.4 cm³/mol. The van der Waals surface area contributed by atoms with Crippen molar-refractivity contribution in [3.05, 3.63) is 45.9 Å². The van der Waals surface area contributed by atoms with Crippen LogP contribution in [0, 0.1) is 5.82 Å². The van der Waals surface area contributed by atoms with E-state index in [4.69, 9.17) is 10.8 Å². The SMILES string of the molecule is Nc1c(F)ccc(NCc2ccsc2)c1C(=O)O. The highest BCUT2D eigenvalue weighted by Gasteiger charge is 2.17. The van der Waals surface area contributed by atoms with Gasteiger partial charge in [-0.3, -0.25) is 0 Å². The van der Waals surface area contributed by atoms with E-state index in [0.717, 1.165) is 11.6 Å². The van der Waals surface area contributed by atoms with Crippen LogP contribution in [0.15, 0.2) is 29.0 Å². The molecule has 0 unspecified atom stereocenters. The van der Waals surface area contributed by atoms with Crippen LogP contribution in [-0.4, -0.2) is 11.1 Å². The smallest absolute Gasteiger partial charge is 0.340 e. The molecule has 2 aromatic rings. The molecule has 18 heavy (non-hydrogen) atoms. The number of thiophene rings is 1. The number of carboxylic acids is 1. The number of hydrogen-bond acceptors (Lipinski definition) is 4. The largest absolute Gasteiger partial charge is 0.478 e. The first-order chi connectivity index (χ1) is 8.59. The van der Waals surface area contributed by atoms with Gasteiger partial charge in [0.2, 0.25) is 0 Å². The standard InChI is InChI=1S/C12H11FN2O2S/c13-8-1-2-9(10(11(8)14)12(16)17)15-5-7-3-4-18-6-7/h1-4,6,15H,5,14H2,(H,16,17). The van der Waals surface area contributed by atoms with Crippen LogP contribution in [-0.2, 0) is 6.54 Å². The number of nitrogen functional groups attached to an aromatic ring is 1. The van der Waals surface area contributed by atoms with Crippen molar-refractivity contribution >= 4 is 28.7 Å². The van der Waals surface area contributed by atoms with E-state index in [1.54, 1.807) is 11.3 Å². The summed E-state index contributed by atoms with van der Waals surface area (Å²) in [5.74, 6) is -1.98. The van der Waals surface area contributed by atoms with E-state index in [2.05, 4.69) is 5.32 Å². The third kappa shape index (κ3) is 2.43. The summed E-state index contributed by atoms with van der Waals surface area (Å²) in [5.41, 5.74) is 6.20. The predicted octanol–water partition coefficient (Wildman–Crippen LogP) is 2.78. The summed E-state index contributed by atoms with van der Waals surface area (Å²) in [7, 11) is 0. The Morgan fingerprint density at radius 3 is 2.83 bits per heavy atom. The zero-order valence-corrected chi connectivity index (χ0v) is 10.1. The number of benzene rings is 1. The Bertz CT molecular complexity index is 570. The highest BCUT2D eigenvalue weighted by molar-refractivity contribution is 7.07. The summed E-state index contributed by atoms with van der Waals surface area (Å²) in [6.45, 7) is 0.467. The number of nitrogens with two attached hydrogens (primary N) is 1. The second-order valence-corrected chi connectivity index (χ2v) is 4.45. The molecule has 0 aliphatic heterocycles. The lowest BCUT2D eigenvalue weighted by molar-refractivity contribution is 0.0698. The molecule has 0 saturated heterocycles. The van der Waals surface area contributed by atoms with E-state index in [9.17, 15) is 9.18 Å². The molecule has 0 atom stereocenters. The molecule has 1 aromatic carbocycles. The molecule has 1 heterocycles. The van der Waals surface area contributed by atoms with Crippen LogP contribution < -0.4 is 11.1 Å². The van der Waals surface area contributed by atoms with Gasteiger partial charge >= 0.3 is 5.97 Å². The minimum Gasteiger partial charge on any atom is -0.478 e. The number of halogens is 1. The zero-order valence-electron chi connectivity index (χ0n) is 9.31. The maximum absolute atomic E-state index is 13.2. The maximum atomic E-state index is 13.2. The highest BCUT2D eigenvalue weighted by Crippen LogP contribution is 2.25. The summed E-state index contributed by atoms with van der Waals surface area (Å²) < 4.78 is 13.2. The van der Waals surface area contributed by atoms with E-state index in [1.165, 1.54) is 6.07 Å². The number of nitrogens with one attached hydrogen (secondary N) is 1. The van der Waals surface area contributed by atoms with Crippen LogP contribution in [0.3, 0.4) is 0 Å². The first-order valence-electron chi connectivity index (χ1n) is 5.16. The third-order valence-corrected chi connectivity index (χ3v) is 3.20. The average molecular weight is 266 g/mol. The quantitative estimate of drug-likeness (QED) is 0.744. The fourth-order valence-electron chi connectivity index (χ4n) is 1.56. The molecule has 0 aliphatic rings. The van der Waals surface area contributed by atoms with Crippen molar-refractivity contribution in [3.8, 4) is 0 Å². The molecule has 1 aromatic heterocycles. The van der Waals surface area contributed by atoms with E-state index in [1.807, 2.05) is 16.8 Å². The molecule has 0 amide bonds. The summed E-state index contributed by atoms with van der Waals surface area (Å²) in [5, 5.41) is 15.9. The molecule has 0 fully saturated rings. The van der Waals surface area contributed by atoms with Crippen molar-refractivity contribution in [2.45, 2.75) is 6.54 Å². The fraction of sp³-hybridized carbons (Fsp3) is 0.0833. The molecule has 0 saturated carbocycles. The second kappa shape index (κ2) is 5.05. The first kappa shape index (κ1) is 12.4. The van der Waals surface area contributed by atoms with E-state index >= 15 is 0 Å². The van der Waals surface area contributed by atoms with Crippen molar-refractivity contribution < 1.29 is 14.3 Å². The van der Waals surface area contributed by atoms with Gasteiger partial charge in [-0.25, -0.2) is 9.18 Å². The molecule has 2 rings (SSSR count). The molecule has 0 bridgehead atoms. The summed E-state index contributed by atoms with van der Waals surface area (Å²) in [6.07, 6.45) is 0. The minimum atomic E-state index is -1.25. The van der Waals surface area contributed by atoms with Gasteiger partial charge in [-0.1, -0.05) is 0 Å². The summed E-state index contributed by atoms with van der Waals surface area (Å²) in [6, 6.07) is 4.45. The zero-order chi connectivity index (χ0) is 13.1. The molecule has 0 radical (unpaired) electrons. The van der Waals surface area contributed by atoms with Crippen molar-refractivity contribution in [2.24, 2.45) is 0 Å². The Morgan fingerprint density at radius 1 is 1.44 bits per heavy atom. The Balaban J connectivity index is 2.27. The normalized spacial score (nSPS) is 10.3. The van der Waals surface area contributed by atoms with Gasteiger partial charge in [0.15, 0.2) is 0 Å². The Kier molecular flexibility index (Phi) is 3.47. The van der Waals surface area contributed by atoms with Crippen molar-refractivity contribution in [1.29, 1.82) is 0 Å². The van der Waals surface area contributed by atoms with Crippen LogP contribution in [0.25, 0.3) is 0 Å². The number of rotatable bonds is 4. The fourth-order valence-corrected chi connectivity index (χ4v) is 2.23. The summed E-state index contributed by atoms with van der Waals surface area (Å²) >= 11 is 1.55. The molecular formula is C12H11FN2O2S. The van der Waals surface area contributed by atoms with Crippen molar-refractivity contribution in [3.63, 3.8) is 0 Å². The Hall–Kier alpha value is -2.08. The first-order valence-corrected chi connectivity index (χ1v) is 6.10. The molecule has 4 N–H and O–H groups in total. The van der Waals surface area contributed by atoms with Gasteiger partial charge in [0.25, 0.3) is 0 Å². The third-order valence-electron chi connectivity index (χ3n) is 2.47. The number of carbonyl (C=O) groups is 1. The van der Waals surface area contributed by atoms with Gasteiger partial charge in [-0.15, -0.1) is 0 Å². The summed E-state index contributed by atoms with van der Waals surface area (Å²) in [4.78, 5) is 11.1. The van der Waals surface area contributed by atoms with Crippen molar-refractivity contribution in [1.82, 2.24) is 0 Å². The van der Waals surface area contributed by atoms with Crippen LogP contribution >= 0.6 is 11.3 Å². The van der Waals surface area contributed by atoms with Crippen LogP contribution in [0.1, 0.15) is 15.9 Å². The topological polar surface area (TPSA) is 75.3 Å². The highest BCUT2D eigenvalue weighted by atomic mass is 32.1. The van der Waals surface area contributed by atoms with E-state index in [0.29, 0.717) is 12.2 Å². The van der Waals surface area contributed by atoms with Gasteiger partial charge < -0.3 is 16.2 Å². The lowest BCUT2D eigenvalue weighted by Gasteiger charge is -2.11. The van der Waals surface area contributed by atoms with Gasteiger partial charge in [0.1, 0.15) is 11.4 Å². The molecule has 4 nitrogen and oxygen atoms in total. The monoisotopic (exact) mass is 266 g/mol. The number of aromatic carboxylic acids is 1. The molecule has 6 heteroatoms. The van der Waals surface area contributed by atoms with Gasteiger partial charge in [-0.2, -0.15) is 11.3 Å². The average Bonchev–Trinajstić information content (AvgIpc) is 2.83. The van der Waals surface area contributed by atoms with Gasteiger partial charge in [-0.05, 0) is 34.5 Å². The number of hydrogen-bond donors (Lipinski definition) is 3. The molecular weight excluding hydrogens is 255 g/mol. The minimum absolute atomic E-state index is 0.231. The lowest BCUT2D eigenvalue weighted by atomic mass is 10.1. The van der Waals surface area contributed by atoms with Crippen LogP contribution in [0.5, 0.6) is 0 Å². The second-order valence-electron chi connectivity index (χ2n) is 3.67. The number of anilines is 2. The maximum Gasteiger partial charge on any atom is 0.340 e. The van der Waals surface area contributed by atoms with Crippen LogP contribution in [0.4, 0.5) is 15.8 Å². The molecule has 0 spiro atoms.